The van der Waals surface area contributed by atoms with Crippen molar-refractivity contribution in [1.82, 2.24) is 5.32 Å². The highest BCUT2D eigenvalue weighted by Crippen LogP contribution is 2.57. The Morgan fingerprint density at radius 3 is 2.22 bits per heavy atom. The molecular formula is C17H23NO5. The van der Waals surface area contributed by atoms with Gasteiger partial charge in [0.15, 0.2) is 6.10 Å². The van der Waals surface area contributed by atoms with Crippen LogP contribution in [0.25, 0.3) is 0 Å². The van der Waals surface area contributed by atoms with E-state index in [1.54, 1.807) is 32.9 Å². The number of carbonyl (C=O) groups is 2. The second-order valence-electron chi connectivity index (χ2n) is 6.96. The number of carboxylic acids is 1. The van der Waals surface area contributed by atoms with E-state index in [1.165, 1.54) is 0 Å². The average Bonchev–Trinajstić information content (AvgIpc) is 3.24. The van der Waals surface area contributed by atoms with Gasteiger partial charge in [0.2, 0.25) is 0 Å². The van der Waals surface area contributed by atoms with E-state index in [0.29, 0.717) is 12.8 Å². The molecule has 0 aromatic heterocycles. The highest BCUT2D eigenvalue weighted by atomic mass is 16.6. The van der Waals surface area contributed by atoms with Crippen LogP contribution >= 0.6 is 0 Å². The van der Waals surface area contributed by atoms with Crippen LogP contribution in [0, 0.1) is 5.41 Å². The standard InChI is InChI=1S/C17H23NO5/c1-16(2,3)23-15(22)18-12(11-7-5-4-6-8-11)17(9-10-17)13(19)14(20)21/h4-8,12-13,19H,9-10H2,1-3H3,(H,18,22)(H,20,21). The molecule has 2 rings (SSSR count). The summed E-state index contributed by atoms with van der Waals surface area (Å²) in [5.41, 5.74) is -0.812. The fourth-order valence-electron chi connectivity index (χ4n) is 2.74. The lowest BCUT2D eigenvalue weighted by Gasteiger charge is -2.31. The molecule has 126 valence electrons. The molecule has 23 heavy (non-hydrogen) atoms. The van der Waals surface area contributed by atoms with Gasteiger partial charge in [-0.2, -0.15) is 0 Å². The molecule has 0 radical (unpaired) electrons. The number of hydrogen-bond acceptors (Lipinski definition) is 4. The number of carbonyl (C=O) groups excluding carboxylic acids is 1. The molecule has 0 heterocycles. The Morgan fingerprint density at radius 2 is 1.78 bits per heavy atom. The molecule has 0 aliphatic heterocycles. The lowest BCUT2D eigenvalue weighted by atomic mass is 9.85. The zero-order valence-electron chi connectivity index (χ0n) is 13.6. The van der Waals surface area contributed by atoms with Crippen molar-refractivity contribution < 1.29 is 24.5 Å². The summed E-state index contributed by atoms with van der Waals surface area (Å²) in [6.45, 7) is 5.26. The minimum atomic E-state index is -1.54. The molecule has 0 bridgehead atoms. The van der Waals surface area contributed by atoms with E-state index < -0.39 is 35.2 Å². The minimum Gasteiger partial charge on any atom is -0.479 e. The third-order valence-corrected chi connectivity index (χ3v) is 3.97. The van der Waals surface area contributed by atoms with Gasteiger partial charge in [-0.1, -0.05) is 30.3 Å². The summed E-state index contributed by atoms with van der Waals surface area (Å²) in [5, 5.41) is 22.0. The Balaban J connectivity index is 2.27. The van der Waals surface area contributed by atoms with Gasteiger partial charge in [-0.15, -0.1) is 0 Å². The average molecular weight is 321 g/mol. The quantitative estimate of drug-likeness (QED) is 0.774. The van der Waals surface area contributed by atoms with Crippen molar-refractivity contribution in [2.45, 2.75) is 51.4 Å². The summed E-state index contributed by atoms with van der Waals surface area (Å²) in [5.74, 6) is -1.28. The first kappa shape index (κ1) is 17.3. The van der Waals surface area contributed by atoms with Crippen molar-refractivity contribution in [3.05, 3.63) is 35.9 Å². The Hall–Kier alpha value is -2.08. The highest BCUT2D eigenvalue weighted by molar-refractivity contribution is 5.75. The molecule has 1 aromatic carbocycles. The van der Waals surface area contributed by atoms with E-state index in [0.717, 1.165) is 5.56 Å². The number of amides is 1. The van der Waals surface area contributed by atoms with Crippen LogP contribution in [0.1, 0.15) is 45.2 Å². The summed E-state index contributed by atoms with van der Waals surface area (Å²) in [6.07, 6.45) is -1.12. The highest BCUT2D eigenvalue weighted by Gasteiger charge is 2.58. The van der Waals surface area contributed by atoms with Gasteiger partial charge >= 0.3 is 12.1 Å². The number of hydrogen-bond donors (Lipinski definition) is 3. The van der Waals surface area contributed by atoms with Crippen LogP contribution in [0.2, 0.25) is 0 Å². The topological polar surface area (TPSA) is 95.9 Å². The fourth-order valence-corrected chi connectivity index (χ4v) is 2.74. The lowest BCUT2D eigenvalue weighted by molar-refractivity contribution is -0.151. The first-order valence-electron chi connectivity index (χ1n) is 7.61. The van der Waals surface area contributed by atoms with Crippen LogP contribution in [0.15, 0.2) is 30.3 Å². The predicted octanol–water partition coefficient (Wildman–Crippen LogP) is 2.48. The van der Waals surface area contributed by atoms with Crippen molar-refractivity contribution in [3.8, 4) is 0 Å². The Morgan fingerprint density at radius 1 is 1.22 bits per heavy atom. The first-order valence-corrected chi connectivity index (χ1v) is 7.61. The molecule has 1 fully saturated rings. The van der Waals surface area contributed by atoms with Crippen molar-refractivity contribution in [2.24, 2.45) is 5.41 Å². The third-order valence-electron chi connectivity index (χ3n) is 3.97. The number of benzene rings is 1. The lowest BCUT2D eigenvalue weighted by Crippen LogP contribution is -2.44. The molecule has 0 saturated heterocycles. The molecule has 6 nitrogen and oxygen atoms in total. The van der Waals surface area contributed by atoms with Gasteiger partial charge in [0, 0.05) is 5.41 Å². The van der Waals surface area contributed by atoms with E-state index in [4.69, 9.17) is 4.74 Å². The molecule has 1 saturated carbocycles. The van der Waals surface area contributed by atoms with Gasteiger partial charge in [0.25, 0.3) is 0 Å². The van der Waals surface area contributed by atoms with Crippen LogP contribution in [0.3, 0.4) is 0 Å². The fraction of sp³-hybridized carbons (Fsp3) is 0.529. The van der Waals surface area contributed by atoms with Gasteiger partial charge in [-0.25, -0.2) is 9.59 Å². The number of aliphatic carboxylic acids is 1. The molecule has 6 heteroatoms. The summed E-state index contributed by atoms with van der Waals surface area (Å²) in [7, 11) is 0. The summed E-state index contributed by atoms with van der Waals surface area (Å²) >= 11 is 0. The molecule has 0 spiro atoms. The number of aliphatic hydroxyl groups is 1. The van der Waals surface area contributed by atoms with Gasteiger partial charge in [-0.3, -0.25) is 0 Å². The van der Waals surface area contributed by atoms with E-state index in [1.807, 2.05) is 18.2 Å². The third kappa shape index (κ3) is 4.01. The second kappa shape index (κ2) is 6.20. The van der Waals surface area contributed by atoms with E-state index in [9.17, 15) is 19.8 Å². The SMILES string of the molecule is CC(C)(C)OC(=O)NC(c1ccccc1)C1(C(O)C(=O)O)CC1. The maximum Gasteiger partial charge on any atom is 0.408 e. The van der Waals surface area contributed by atoms with Gasteiger partial charge in [0.05, 0.1) is 6.04 Å². The van der Waals surface area contributed by atoms with Crippen molar-refractivity contribution in [2.75, 3.05) is 0 Å². The van der Waals surface area contributed by atoms with E-state index in [2.05, 4.69) is 5.32 Å². The van der Waals surface area contributed by atoms with Crippen LogP contribution in [-0.2, 0) is 9.53 Å². The monoisotopic (exact) mass is 321 g/mol. The Labute approximate surface area is 135 Å². The molecule has 1 aliphatic rings. The smallest absolute Gasteiger partial charge is 0.408 e. The Bertz CT molecular complexity index is 574. The van der Waals surface area contributed by atoms with E-state index >= 15 is 0 Å². The summed E-state index contributed by atoms with van der Waals surface area (Å²) < 4.78 is 5.27. The summed E-state index contributed by atoms with van der Waals surface area (Å²) in [6, 6.07) is 8.43. The minimum absolute atomic E-state index is 0.524. The molecule has 2 atom stereocenters. The van der Waals surface area contributed by atoms with Gasteiger partial charge < -0.3 is 20.3 Å². The number of alkyl carbamates (subject to hydrolysis) is 1. The molecular weight excluding hydrogens is 298 g/mol. The number of aliphatic hydroxyl groups excluding tert-OH is 1. The predicted molar refractivity (Wildman–Crippen MR) is 83.9 cm³/mol. The van der Waals surface area contributed by atoms with Crippen LogP contribution in [-0.4, -0.2) is 34.0 Å². The van der Waals surface area contributed by atoms with Crippen molar-refractivity contribution >= 4 is 12.1 Å². The normalized spacial score (nSPS) is 18.6. The van der Waals surface area contributed by atoms with Crippen LogP contribution < -0.4 is 5.32 Å². The Kier molecular flexibility index (Phi) is 4.66. The van der Waals surface area contributed by atoms with Crippen molar-refractivity contribution in [3.63, 3.8) is 0 Å². The molecule has 1 aliphatic carbocycles. The van der Waals surface area contributed by atoms with Crippen LogP contribution in [0.4, 0.5) is 4.79 Å². The molecule has 3 N–H and O–H groups in total. The van der Waals surface area contributed by atoms with Crippen LogP contribution in [0.5, 0.6) is 0 Å². The van der Waals surface area contributed by atoms with Crippen molar-refractivity contribution in [1.29, 1.82) is 0 Å². The molecule has 2 unspecified atom stereocenters. The maximum absolute atomic E-state index is 12.1. The van der Waals surface area contributed by atoms with Gasteiger partial charge in [-0.05, 0) is 39.2 Å². The van der Waals surface area contributed by atoms with E-state index in [-0.39, 0.29) is 0 Å². The number of ether oxygens (including phenoxy) is 1. The zero-order chi connectivity index (χ0) is 17.3. The second-order valence-corrected chi connectivity index (χ2v) is 6.96. The number of carboxylic acid groups (broad SMARTS) is 1. The largest absolute Gasteiger partial charge is 0.479 e. The maximum atomic E-state index is 12.1. The first-order chi connectivity index (χ1) is 10.7. The molecule has 1 amide bonds. The zero-order valence-corrected chi connectivity index (χ0v) is 13.6. The molecule has 1 aromatic rings. The van der Waals surface area contributed by atoms with Gasteiger partial charge in [0.1, 0.15) is 5.60 Å². The summed E-state index contributed by atoms with van der Waals surface area (Å²) in [4.78, 5) is 23.4. The number of rotatable bonds is 5. The number of nitrogens with one attached hydrogen (secondary N) is 1.